The maximum Gasteiger partial charge on any atom is 0.194 e. The Morgan fingerprint density at radius 2 is 0.730 bits per heavy atom. The molecule has 0 radical (unpaired) electrons. The van der Waals surface area contributed by atoms with Gasteiger partial charge in [-0.25, -0.2) is 0 Å². The second kappa shape index (κ2) is 8.98. The fourth-order valence-electron chi connectivity index (χ4n) is 5.44. The van der Waals surface area contributed by atoms with Crippen molar-refractivity contribution in [2.45, 2.75) is 0 Å². The fraction of sp³-hybridized carbons (Fsp3) is 0. The van der Waals surface area contributed by atoms with Crippen LogP contribution in [-0.2, 0) is 9.13 Å². The Morgan fingerprint density at radius 3 is 1.03 bits per heavy atom. The van der Waals surface area contributed by atoms with Crippen LogP contribution in [0.3, 0.4) is 0 Å². The quantitative estimate of drug-likeness (QED) is 0.168. The Bertz CT molecular complexity index is 1790. The number of benzene rings is 6. The zero-order chi connectivity index (χ0) is 24.9. The third-order valence-electron chi connectivity index (χ3n) is 7.04. The molecule has 0 aliphatic heterocycles. The van der Waals surface area contributed by atoms with Crippen LogP contribution in [0.2, 0.25) is 0 Å². The average Bonchev–Trinajstić information content (AvgIpc) is 3.32. The van der Waals surface area contributed by atoms with Crippen molar-refractivity contribution >= 4 is 82.0 Å². The average molecular weight is 529 g/mol. The van der Waals surface area contributed by atoms with Gasteiger partial charge in [0.2, 0.25) is 0 Å². The molecule has 1 aromatic heterocycles. The molecule has 0 aliphatic carbocycles. The lowest BCUT2D eigenvalue weighted by atomic mass is 9.95. The molecular formula is C32H18O2P2S. The number of hydrogen-bond acceptors (Lipinski definition) is 3. The molecule has 6 aromatic carbocycles. The number of fused-ring (bicyclic) bond motifs is 4. The van der Waals surface area contributed by atoms with E-state index in [0.29, 0.717) is 10.6 Å². The van der Waals surface area contributed by atoms with E-state index in [2.05, 4.69) is 60.7 Å². The van der Waals surface area contributed by atoms with Gasteiger partial charge in [-0.15, -0.1) is 11.3 Å². The summed E-state index contributed by atoms with van der Waals surface area (Å²) in [7, 11) is -0.286. The van der Waals surface area contributed by atoms with E-state index in [4.69, 9.17) is 0 Å². The van der Waals surface area contributed by atoms with Gasteiger partial charge in [-0.2, -0.15) is 0 Å². The van der Waals surface area contributed by atoms with Gasteiger partial charge in [-0.05, 0) is 55.2 Å². The molecule has 0 fully saturated rings. The molecule has 0 aliphatic rings. The van der Waals surface area contributed by atoms with Crippen LogP contribution in [0, 0.1) is 0 Å². The summed E-state index contributed by atoms with van der Waals surface area (Å²) >= 11 is 1.59. The molecule has 5 heteroatoms. The lowest BCUT2D eigenvalue weighted by molar-refractivity contribution is 0.601. The van der Waals surface area contributed by atoms with E-state index in [1.165, 1.54) is 0 Å². The van der Waals surface area contributed by atoms with E-state index in [9.17, 15) is 9.13 Å². The Balaban J connectivity index is 1.67. The highest BCUT2D eigenvalue weighted by Gasteiger charge is 2.26. The molecule has 0 spiro atoms. The molecule has 0 saturated heterocycles. The van der Waals surface area contributed by atoms with Crippen LogP contribution in [0.5, 0.6) is 0 Å². The van der Waals surface area contributed by atoms with E-state index in [1.54, 1.807) is 11.3 Å². The van der Waals surface area contributed by atoms with Crippen molar-refractivity contribution in [3.05, 3.63) is 109 Å². The van der Waals surface area contributed by atoms with E-state index in [0.717, 1.165) is 64.0 Å². The van der Waals surface area contributed by atoms with Crippen molar-refractivity contribution in [2.24, 2.45) is 0 Å². The standard InChI is InChI=1S/C32H18O2P2S/c33-35-29-30(36-34)32(28-25-15-7-3-11-21(25)18-22-12-4-8-16-26(22)28)37-31(29)27-23-13-5-1-9-19(23)17-20-10-2-6-14-24(20)27/h1-18H. The van der Waals surface area contributed by atoms with Gasteiger partial charge in [0.15, 0.2) is 16.9 Å². The maximum atomic E-state index is 12.8. The van der Waals surface area contributed by atoms with Crippen molar-refractivity contribution in [1.29, 1.82) is 0 Å². The highest BCUT2D eigenvalue weighted by atomic mass is 32.1. The van der Waals surface area contributed by atoms with Crippen molar-refractivity contribution in [2.75, 3.05) is 0 Å². The first kappa shape index (κ1) is 22.5. The van der Waals surface area contributed by atoms with Gasteiger partial charge in [0, 0.05) is 11.1 Å². The number of rotatable bonds is 4. The fourth-order valence-corrected chi connectivity index (χ4v) is 8.36. The lowest BCUT2D eigenvalue weighted by Crippen LogP contribution is -2.11. The molecule has 0 bridgehead atoms. The van der Waals surface area contributed by atoms with Gasteiger partial charge in [0.05, 0.1) is 20.4 Å². The van der Waals surface area contributed by atoms with E-state index >= 15 is 0 Å². The molecule has 37 heavy (non-hydrogen) atoms. The summed E-state index contributed by atoms with van der Waals surface area (Å²) < 4.78 is 25.6. The zero-order valence-corrected chi connectivity index (χ0v) is 22.1. The van der Waals surface area contributed by atoms with Crippen LogP contribution >= 0.6 is 28.3 Å². The van der Waals surface area contributed by atoms with Crippen molar-refractivity contribution in [1.82, 2.24) is 0 Å². The topological polar surface area (TPSA) is 34.1 Å². The SMILES string of the molecule is O=Pc1c(-c2c3ccccc3cc3ccccc23)sc(-c2c3ccccc3cc3ccccc23)c1P=O. The molecule has 7 aromatic rings. The minimum absolute atomic E-state index is 0.143. The molecule has 7 rings (SSSR count). The van der Waals surface area contributed by atoms with Crippen LogP contribution in [0.15, 0.2) is 109 Å². The highest BCUT2D eigenvalue weighted by Crippen LogP contribution is 2.45. The first-order chi connectivity index (χ1) is 18.3. The van der Waals surface area contributed by atoms with Crippen LogP contribution in [-0.4, -0.2) is 0 Å². The molecule has 0 atom stereocenters. The second-order valence-corrected chi connectivity index (χ2v) is 11.3. The van der Waals surface area contributed by atoms with Crippen LogP contribution in [0.25, 0.3) is 64.0 Å². The Labute approximate surface area is 220 Å². The second-order valence-electron chi connectivity index (χ2n) is 9.03. The number of hydrogen-bond donors (Lipinski definition) is 0. The Kier molecular flexibility index (Phi) is 5.45. The molecule has 1 heterocycles. The van der Waals surface area contributed by atoms with E-state index in [-0.39, 0.29) is 16.9 Å². The third-order valence-corrected chi connectivity index (χ3v) is 10.0. The van der Waals surface area contributed by atoms with Crippen LogP contribution < -0.4 is 10.6 Å². The third kappa shape index (κ3) is 3.47. The first-order valence-electron chi connectivity index (χ1n) is 11.9. The van der Waals surface area contributed by atoms with Gasteiger partial charge < -0.3 is 0 Å². The summed E-state index contributed by atoms with van der Waals surface area (Å²) in [6.45, 7) is 0. The largest absolute Gasteiger partial charge is 0.269 e. The van der Waals surface area contributed by atoms with Crippen molar-refractivity contribution in [3.8, 4) is 20.9 Å². The molecule has 0 saturated carbocycles. The van der Waals surface area contributed by atoms with Crippen LogP contribution in [0.4, 0.5) is 0 Å². The van der Waals surface area contributed by atoms with Crippen LogP contribution in [0.1, 0.15) is 0 Å². The molecular weight excluding hydrogens is 510 g/mol. The Hall–Kier alpha value is -3.74. The summed E-state index contributed by atoms with van der Waals surface area (Å²) in [5.74, 6) is 0. The van der Waals surface area contributed by atoms with Crippen molar-refractivity contribution < 1.29 is 9.13 Å². The molecule has 0 unspecified atom stereocenters. The predicted molar refractivity (Wildman–Crippen MR) is 160 cm³/mol. The minimum Gasteiger partial charge on any atom is -0.269 e. The summed E-state index contributed by atoms with van der Waals surface area (Å²) in [6.07, 6.45) is 0. The van der Waals surface area contributed by atoms with Gasteiger partial charge >= 0.3 is 0 Å². The lowest BCUT2D eigenvalue weighted by Gasteiger charge is -2.11. The predicted octanol–water partition coefficient (Wildman–Crippen LogP) is 9.53. The van der Waals surface area contributed by atoms with E-state index < -0.39 is 0 Å². The van der Waals surface area contributed by atoms with Gasteiger partial charge in [-0.3, -0.25) is 9.13 Å². The van der Waals surface area contributed by atoms with Gasteiger partial charge in [0.25, 0.3) is 0 Å². The summed E-state index contributed by atoms with van der Waals surface area (Å²) in [4.78, 5) is 1.80. The van der Waals surface area contributed by atoms with E-state index in [1.807, 2.05) is 48.5 Å². The highest BCUT2D eigenvalue weighted by molar-refractivity contribution is 7.46. The molecule has 0 amide bonds. The van der Waals surface area contributed by atoms with Gasteiger partial charge in [0.1, 0.15) is 0 Å². The number of thiophene rings is 1. The zero-order valence-electron chi connectivity index (χ0n) is 19.5. The molecule has 0 N–H and O–H groups in total. The first-order valence-corrected chi connectivity index (χ1v) is 14.4. The smallest absolute Gasteiger partial charge is 0.194 e. The summed E-state index contributed by atoms with van der Waals surface area (Å²) in [5, 5.41) is 10.0. The molecule has 2 nitrogen and oxygen atoms in total. The normalized spacial score (nSPS) is 11.9. The monoisotopic (exact) mass is 528 g/mol. The minimum atomic E-state index is -0.143. The molecule has 174 valence electrons. The summed E-state index contributed by atoms with van der Waals surface area (Å²) in [6, 6.07) is 37.6. The van der Waals surface area contributed by atoms with Crippen molar-refractivity contribution in [3.63, 3.8) is 0 Å². The maximum absolute atomic E-state index is 12.8. The summed E-state index contributed by atoms with van der Waals surface area (Å²) in [5.41, 5.74) is 2.08. The Morgan fingerprint density at radius 1 is 0.432 bits per heavy atom. The van der Waals surface area contributed by atoms with Gasteiger partial charge in [-0.1, -0.05) is 97.1 Å².